The lowest BCUT2D eigenvalue weighted by atomic mass is 10.3. The van der Waals surface area contributed by atoms with Crippen LogP contribution in [0.1, 0.15) is 6.92 Å². The first-order valence-electron chi connectivity index (χ1n) is 4.40. The lowest BCUT2D eigenvalue weighted by molar-refractivity contribution is -0.139. The molecule has 1 aliphatic rings. The van der Waals surface area contributed by atoms with Gasteiger partial charge in [0.25, 0.3) is 0 Å². The minimum atomic E-state index is -1.49. The molecule has 0 amide bonds. The SMILES string of the molecule is C=C(C)C(=O)OCC1CO[Si]1(C)C. The summed E-state index contributed by atoms with van der Waals surface area (Å²) in [4.78, 5) is 11.1. The molecule has 3 nitrogen and oxygen atoms in total. The topological polar surface area (TPSA) is 35.5 Å². The molecule has 0 aliphatic carbocycles. The fraction of sp³-hybridized carbons (Fsp3) is 0.667. The monoisotopic (exact) mass is 200 g/mol. The molecule has 0 aromatic heterocycles. The molecule has 1 aliphatic heterocycles. The average Bonchev–Trinajstić information content (AvgIpc) is 2.02. The van der Waals surface area contributed by atoms with Crippen LogP contribution in [0.2, 0.25) is 18.6 Å². The second kappa shape index (κ2) is 3.63. The maximum atomic E-state index is 11.1. The van der Waals surface area contributed by atoms with E-state index in [9.17, 15) is 4.79 Å². The van der Waals surface area contributed by atoms with E-state index in [1.807, 2.05) is 0 Å². The number of ether oxygens (including phenoxy) is 1. The van der Waals surface area contributed by atoms with Crippen LogP contribution in [0.3, 0.4) is 0 Å². The van der Waals surface area contributed by atoms with Crippen molar-refractivity contribution < 1.29 is 14.0 Å². The molecule has 0 saturated carbocycles. The zero-order valence-electron chi connectivity index (χ0n) is 8.42. The van der Waals surface area contributed by atoms with Crippen LogP contribution in [0.15, 0.2) is 12.2 Å². The van der Waals surface area contributed by atoms with E-state index >= 15 is 0 Å². The minimum Gasteiger partial charge on any atom is -0.462 e. The summed E-state index contributed by atoms with van der Waals surface area (Å²) in [6.07, 6.45) is 0. The van der Waals surface area contributed by atoms with Crippen molar-refractivity contribution in [2.24, 2.45) is 0 Å². The van der Waals surface area contributed by atoms with E-state index < -0.39 is 8.32 Å². The van der Waals surface area contributed by atoms with Crippen LogP contribution in [0.5, 0.6) is 0 Å². The maximum absolute atomic E-state index is 11.1. The first kappa shape index (κ1) is 10.5. The zero-order valence-corrected chi connectivity index (χ0v) is 9.42. The van der Waals surface area contributed by atoms with Crippen LogP contribution >= 0.6 is 0 Å². The molecule has 1 rings (SSSR count). The van der Waals surface area contributed by atoms with Crippen molar-refractivity contribution in [1.82, 2.24) is 0 Å². The first-order chi connectivity index (χ1) is 5.93. The molecule has 0 bridgehead atoms. The Bertz CT molecular complexity index is 235. The Kier molecular flexibility index (Phi) is 2.93. The third kappa shape index (κ3) is 2.41. The average molecular weight is 200 g/mol. The summed E-state index contributed by atoms with van der Waals surface area (Å²) in [6, 6.07) is 0. The summed E-state index contributed by atoms with van der Waals surface area (Å²) in [5.74, 6) is -0.295. The summed E-state index contributed by atoms with van der Waals surface area (Å²) in [7, 11) is -1.49. The van der Waals surface area contributed by atoms with Crippen molar-refractivity contribution in [3.63, 3.8) is 0 Å². The third-order valence-corrected chi connectivity index (χ3v) is 5.61. The normalized spacial score (nSPS) is 24.7. The number of esters is 1. The number of hydrogen-bond acceptors (Lipinski definition) is 3. The van der Waals surface area contributed by atoms with Crippen molar-refractivity contribution in [2.75, 3.05) is 13.2 Å². The van der Waals surface area contributed by atoms with Crippen molar-refractivity contribution in [3.05, 3.63) is 12.2 Å². The lowest BCUT2D eigenvalue weighted by Gasteiger charge is -2.41. The predicted octanol–water partition coefficient (Wildman–Crippen LogP) is 1.71. The Morgan fingerprint density at radius 1 is 1.69 bits per heavy atom. The van der Waals surface area contributed by atoms with E-state index in [-0.39, 0.29) is 5.97 Å². The lowest BCUT2D eigenvalue weighted by Crippen LogP contribution is -2.51. The minimum absolute atomic E-state index is 0.295. The van der Waals surface area contributed by atoms with Gasteiger partial charge in [-0.3, -0.25) is 0 Å². The number of hydrogen-bond donors (Lipinski definition) is 0. The zero-order chi connectivity index (χ0) is 10.1. The van der Waals surface area contributed by atoms with Gasteiger partial charge in [0, 0.05) is 17.7 Å². The molecular formula is C9H16O3Si. The maximum Gasteiger partial charge on any atom is 0.333 e. The highest BCUT2D eigenvalue weighted by molar-refractivity contribution is 6.74. The molecule has 1 atom stereocenters. The Morgan fingerprint density at radius 2 is 2.31 bits per heavy atom. The van der Waals surface area contributed by atoms with Gasteiger partial charge >= 0.3 is 5.97 Å². The Labute approximate surface area is 79.9 Å². The summed E-state index contributed by atoms with van der Waals surface area (Å²) in [5, 5.41) is 0. The predicted molar refractivity (Wildman–Crippen MR) is 53.0 cm³/mol. The quantitative estimate of drug-likeness (QED) is 0.395. The molecule has 0 N–H and O–H groups in total. The van der Waals surface area contributed by atoms with Gasteiger partial charge in [-0.25, -0.2) is 4.79 Å². The summed E-state index contributed by atoms with van der Waals surface area (Å²) >= 11 is 0. The third-order valence-electron chi connectivity index (χ3n) is 2.40. The fourth-order valence-electron chi connectivity index (χ4n) is 1.08. The van der Waals surface area contributed by atoms with Crippen molar-refractivity contribution in [3.8, 4) is 0 Å². The van der Waals surface area contributed by atoms with Crippen LogP contribution in [-0.4, -0.2) is 27.5 Å². The molecule has 1 heterocycles. The highest BCUT2D eigenvalue weighted by atomic mass is 28.4. The Hall–Kier alpha value is -0.613. The van der Waals surface area contributed by atoms with Gasteiger partial charge < -0.3 is 9.16 Å². The van der Waals surface area contributed by atoms with Gasteiger partial charge in [-0.1, -0.05) is 6.58 Å². The van der Waals surface area contributed by atoms with Crippen LogP contribution in [-0.2, 0) is 14.0 Å². The van der Waals surface area contributed by atoms with Crippen LogP contribution in [0.4, 0.5) is 0 Å². The van der Waals surface area contributed by atoms with Gasteiger partial charge in [-0.05, 0) is 20.0 Å². The van der Waals surface area contributed by atoms with E-state index in [0.717, 1.165) is 6.61 Å². The summed E-state index contributed by atoms with van der Waals surface area (Å²) in [5.41, 5.74) is 0.913. The van der Waals surface area contributed by atoms with Crippen molar-refractivity contribution in [1.29, 1.82) is 0 Å². The molecule has 0 spiro atoms. The smallest absolute Gasteiger partial charge is 0.333 e. The molecule has 0 aromatic carbocycles. The van der Waals surface area contributed by atoms with Gasteiger partial charge in [0.2, 0.25) is 0 Å². The van der Waals surface area contributed by atoms with E-state index in [2.05, 4.69) is 19.7 Å². The van der Waals surface area contributed by atoms with E-state index in [1.54, 1.807) is 6.92 Å². The Balaban J connectivity index is 2.28. The molecule has 4 heteroatoms. The largest absolute Gasteiger partial charge is 0.462 e. The molecule has 1 unspecified atom stereocenters. The van der Waals surface area contributed by atoms with Crippen LogP contribution < -0.4 is 0 Å². The number of carbonyl (C=O) groups is 1. The molecule has 1 fully saturated rings. The van der Waals surface area contributed by atoms with Gasteiger partial charge in [0.1, 0.15) is 0 Å². The van der Waals surface area contributed by atoms with Crippen LogP contribution in [0.25, 0.3) is 0 Å². The molecule has 0 aromatic rings. The number of rotatable bonds is 3. The Morgan fingerprint density at radius 3 is 2.62 bits per heavy atom. The standard InChI is InChI=1S/C9H16O3Si/c1-7(2)9(10)11-5-8-6-12-13(8,3)4/h8H,1,5-6H2,2-4H3. The van der Waals surface area contributed by atoms with Crippen molar-refractivity contribution in [2.45, 2.75) is 25.6 Å². The first-order valence-corrected chi connectivity index (χ1v) is 7.38. The van der Waals surface area contributed by atoms with Crippen molar-refractivity contribution >= 4 is 14.3 Å². The number of carbonyl (C=O) groups excluding carboxylic acids is 1. The highest BCUT2D eigenvalue weighted by Crippen LogP contribution is 2.33. The molecule has 13 heavy (non-hydrogen) atoms. The molecular weight excluding hydrogens is 184 g/mol. The molecule has 1 saturated heterocycles. The summed E-state index contributed by atoms with van der Waals surface area (Å²) in [6.45, 7) is 10.7. The van der Waals surface area contributed by atoms with Gasteiger partial charge in [0.15, 0.2) is 8.32 Å². The van der Waals surface area contributed by atoms with Gasteiger partial charge in [-0.2, -0.15) is 0 Å². The van der Waals surface area contributed by atoms with E-state index in [4.69, 9.17) is 9.16 Å². The van der Waals surface area contributed by atoms with Gasteiger partial charge in [-0.15, -0.1) is 0 Å². The molecule has 74 valence electrons. The fourth-order valence-corrected chi connectivity index (χ4v) is 2.64. The molecule has 0 radical (unpaired) electrons. The van der Waals surface area contributed by atoms with E-state index in [0.29, 0.717) is 17.7 Å². The van der Waals surface area contributed by atoms with Crippen LogP contribution in [0, 0.1) is 0 Å². The van der Waals surface area contributed by atoms with E-state index in [1.165, 1.54) is 0 Å². The highest BCUT2D eigenvalue weighted by Gasteiger charge is 2.43. The second-order valence-corrected chi connectivity index (χ2v) is 8.30. The van der Waals surface area contributed by atoms with Gasteiger partial charge in [0.05, 0.1) is 6.61 Å². The summed E-state index contributed by atoms with van der Waals surface area (Å²) < 4.78 is 10.5. The second-order valence-electron chi connectivity index (χ2n) is 3.99.